The van der Waals surface area contributed by atoms with E-state index in [1.807, 2.05) is 18.2 Å². The fourth-order valence-electron chi connectivity index (χ4n) is 2.68. The van der Waals surface area contributed by atoms with E-state index in [2.05, 4.69) is 49.6 Å². The van der Waals surface area contributed by atoms with Crippen molar-refractivity contribution in [3.05, 3.63) is 53.1 Å². The summed E-state index contributed by atoms with van der Waals surface area (Å²) in [5, 5.41) is 0.753. The van der Waals surface area contributed by atoms with E-state index in [4.69, 9.17) is 16.6 Å². The third kappa shape index (κ3) is 2.56. The maximum Gasteiger partial charge on any atom is 0.141 e. The molecule has 0 saturated heterocycles. The lowest BCUT2D eigenvalue weighted by molar-refractivity contribution is 0.550. The van der Waals surface area contributed by atoms with Gasteiger partial charge in [0.05, 0.1) is 11.0 Å². The van der Waals surface area contributed by atoms with E-state index in [1.165, 1.54) is 5.56 Å². The molecule has 1 heterocycles. The van der Waals surface area contributed by atoms with Crippen molar-refractivity contribution in [2.45, 2.75) is 33.2 Å². The number of hydrogen-bond donors (Lipinski definition) is 0. The maximum atomic E-state index is 6.18. The summed E-state index contributed by atoms with van der Waals surface area (Å²) in [6.07, 6.45) is 1.05. The van der Waals surface area contributed by atoms with Crippen LogP contribution in [0.5, 0.6) is 0 Å². The Morgan fingerprint density at radius 3 is 2.71 bits per heavy atom. The van der Waals surface area contributed by atoms with E-state index in [-0.39, 0.29) is 0 Å². The highest BCUT2D eigenvalue weighted by atomic mass is 35.5. The molecule has 0 bridgehead atoms. The van der Waals surface area contributed by atoms with Crippen LogP contribution in [-0.2, 0) is 0 Å². The number of rotatable bonds is 3. The van der Waals surface area contributed by atoms with Crippen LogP contribution in [0.4, 0.5) is 0 Å². The van der Waals surface area contributed by atoms with E-state index in [9.17, 15) is 0 Å². The van der Waals surface area contributed by atoms with Crippen LogP contribution < -0.4 is 0 Å². The number of fused-ring (bicyclic) bond motifs is 1. The SMILES string of the molecule is CCC(C)n1c(-c2cccc(C)c2)nc2ccc(Cl)cc21. The Labute approximate surface area is 130 Å². The van der Waals surface area contributed by atoms with Crippen molar-refractivity contribution in [1.82, 2.24) is 9.55 Å². The molecule has 3 aromatic rings. The molecule has 0 N–H and O–H groups in total. The zero-order valence-electron chi connectivity index (χ0n) is 12.6. The molecule has 0 aliphatic carbocycles. The Kier molecular flexibility index (Phi) is 3.73. The third-order valence-corrected chi connectivity index (χ3v) is 4.19. The molecule has 1 aromatic heterocycles. The Bertz CT molecular complexity index is 789. The van der Waals surface area contributed by atoms with Gasteiger partial charge in [-0.3, -0.25) is 0 Å². The molecule has 1 atom stereocenters. The van der Waals surface area contributed by atoms with Crippen LogP contribution in [0.3, 0.4) is 0 Å². The minimum Gasteiger partial charge on any atom is -0.321 e. The molecule has 0 saturated carbocycles. The normalized spacial score (nSPS) is 12.8. The number of imidazole rings is 1. The minimum atomic E-state index is 0.379. The summed E-state index contributed by atoms with van der Waals surface area (Å²) < 4.78 is 2.30. The molecule has 3 rings (SSSR count). The summed E-state index contributed by atoms with van der Waals surface area (Å²) in [5.74, 6) is 1.02. The van der Waals surface area contributed by atoms with Crippen LogP contribution in [0.2, 0.25) is 5.02 Å². The first-order chi connectivity index (χ1) is 10.1. The molecule has 1 unspecified atom stereocenters. The van der Waals surface area contributed by atoms with Crippen molar-refractivity contribution in [3.8, 4) is 11.4 Å². The van der Waals surface area contributed by atoms with E-state index in [0.29, 0.717) is 6.04 Å². The van der Waals surface area contributed by atoms with Crippen LogP contribution in [0.1, 0.15) is 31.9 Å². The lowest BCUT2D eigenvalue weighted by atomic mass is 10.1. The lowest BCUT2D eigenvalue weighted by Gasteiger charge is -2.16. The topological polar surface area (TPSA) is 17.8 Å². The summed E-state index contributed by atoms with van der Waals surface area (Å²) in [6.45, 7) is 6.53. The number of hydrogen-bond acceptors (Lipinski definition) is 1. The average Bonchev–Trinajstić information content (AvgIpc) is 2.85. The van der Waals surface area contributed by atoms with Crippen LogP contribution in [-0.4, -0.2) is 9.55 Å². The number of aromatic nitrogens is 2. The van der Waals surface area contributed by atoms with Gasteiger partial charge in [0.25, 0.3) is 0 Å². The second-order valence-corrected chi connectivity index (χ2v) is 6.00. The van der Waals surface area contributed by atoms with Crippen LogP contribution in [0, 0.1) is 6.92 Å². The van der Waals surface area contributed by atoms with Crippen LogP contribution >= 0.6 is 11.6 Å². The number of nitrogens with zero attached hydrogens (tertiary/aromatic N) is 2. The van der Waals surface area contributed by atoms with Crippen molar-refractivity contribution >= 4 is 22.6 Å². The fourth-order valence-corrected chi connectivity index (χ4v) is 2.85. The molecule has 2 nitrogen and oxygen atoms in total. The van der Waals surface area contributed by atoms with Gasteiger partial charge >= 0.3 is 0 Å². The van der Waals surface area contributed by atoms with Crippen molar-refractivity contribution in [2.75, 3.05) is 0 Å². The quantitative estimate of drug-likeness (QED) is 0.612. The molecule has 3 heteroatoms. The molecule has 0 radical (unpaired) electrons. The summed E-state index contributed by atoms with van der Waals surface area (Å²) >= 11 is 6.18. The highest BCUT2D eigenvalue weighted by Crippen LogP contribution is 2.31. The number of benzene rings is 2. The zero-order valence-corrected chi connectivity index (χ0v) is 13.4. The molecule has 2 aromatic carbocycles. The zero-order chi connectivity index (χ0) is 15.0. The Morgan fingerprint density at radius 2 is 2.00 bits per heavy atom. The van der Waals surface area contributed by atoms with E-state index >= 15 is 0 Å². The minimum absolute atomic E-state index is 0.379. The number of aryl methyl sites for hydroxylation is 1. The van der Waals surface area contributed by atoms with Crippen molar-refractivity contribution in [1.29, 1.82) is 0 Å². The summed E-state index contributed by atoms with van der Waals surface area (Å²) in [4.78, 5) is 4.84. The smallest absolute Gasteiger partial charge is 0.141 e. The predicted molar refractivity (Wildman–Crippen MR) is 89.9 cm³/mol. The van der Waals surface area contributed by atoms with E-state index in [1.54, 1.807) is 0 Å². The van der Waals surface area contributed by atoms with E-state index < -0.39 is 0 Å². The van der Waals surface area contributed by atoms with Gasteiger partial charge in [-0.1, -0.05) is 42.3 Å². The fraction of sp³-hybridized carbons (Fsp3) is 0.278. The predicted octanol–water partition coefficient (Wildman–Crippen LogP) is 5.64. The molecule has 0 fully saturated rings. The second kappa shape index (κ2) is 5.53. The Hall–Kier alpha value is -1.80. The number of halogens is 1. The lowest BCUT2D eigenvalue weighted by Crippen LogP contribution is -2.05. The van der Waals surface area contributed by atoms with Gasteiger partial charge in [-0.2, -0.15) is 0 Å². The highest BCUT2D eigenvalue weighted by molar-refractivity contribution is 6.31. The van der Waals surface area contributed by atoms with Crippen molar-refractivity contribution < 1.29 is 0 Å². The molecule has 108 valence electrons. The highest BCUT2D eigenvalue weighted by Gasteiger charge is 2.16. The van der Waals surface area contributed by atoms with E-state index in [0.717, 1.165) is 33.9 Å². The van der Waals surface area contributed by atoms with Gasteiger partial charge in [0.15, 0.2) is 0 Å². The van der Waals surface area contributed by atoms with Gasteiger partial charge < -0.3 is 4.57 Å². The summed E-state index contributed by atoms with van der Waals surface area (Å²) in [5.41, 5.74) is 4.50. The standard InChI is InChI=1S/C18H19ClN2/c1-4-13(3)21-17-11-15(19)8-9-16(17)20-18(21)14-7-5-6-12(2)10-14/h5-11,13H,4H2,1-3H3. The van der Waals surface area contributed by atoms with Gasteiger partial charge in [-0.25, -0.2) is 4.98 Å². The molecular formula is C18H19ClN2. The van der Waals surface area contributed by atoms with Gasteiger partial charge in [0.2, 0.25) is 0 Å². The Balaban J connectivity index is 2.31. The largest absolute Gasteiger partial charge is 0.321 e. The third-order valence-electron chi connectivity index (χ3n) is 3.96. The van der Waals surface area contributed by atoms with Crippen molar-refractivity contribution in [3.63, 3.8) is 0 Å². The van der Waals surface area contributed by atoms with Gasteiger partial charge in [0, 0.05) is 16.6 Å². The first-order valence-electron chi connectivity index (χ1n) is 7.34. The average molecular weight is 299 g/mol. The maximum absolute atomic E-state index is 6.18. The summed E-state index contributed by atoms with van der Waals surface area (Å²) in [7, 11) is 0. The monoisotopic (exact) mass is 298 g/mol. The molecule has 0 aliphatic rings. The molecule has 21 heavy (non-hydrogen) atoms. The first-order valence-corrected chi connectivity index (χ1v) is 7.72. The molecule has 0 spiro atoms. The molecular weight excluding hydrogens is 280 g/mol. The first kappa shape index (κ1) is 14.2. The second-order valence-electron chi connectivity index (χ2n) is 5.57. The van der Waals surface area contributed by atoms with Gasteiger partial charge in [-0.05, 0) is 44.5 Å². The van der Waals surface area contributed by atoms with Crippen LogP contribution in [0.25, 0.3) is 22.4 Å². The van der Waals surface area contributed by atoms with Gasteiger partial charge in [-0.15, -0.1) is 0 Å². The molecule has 0 aliphatic heterocycles. The molecule has 0 amide bonds. The summed E-state index contributed by atoms with van der Waals surface area (Å²) in [6, 6.07) is 14.8. The van der Waals surface area contributed by atoms with Crippen LogP contribution in [0.15, 0.2) is 42.5 Å². The Morgan fingerprint density at radius 1 is 1.19 bits per heavy atom. The van der Waals surface area contributed by atoms with Gasteiger partial charge in [0.1, 0.15) is 5.82 Å². The van der Waals surface area contributed by atoms with Crippen molar-refractivity contribution in [2.24, 2.45) is 0 Å².